The van der Waals surface area contributed by atoms with Crippen LogP contribution in [0.3, 0.4) is 0 Å². The molecule has 0 aliphatic carbocycles. The second-order valence-corrected chi connectivity index (χ2v) is 4.21. The largest absolute Gasteiger partial charge is 0.463 e. The van der Waals surface area contributed by atoms with Crippen LogP contribution in [-0.4, -0.2) is 23.8 Å². The Hall–Kier alpha value is -2.36. The molecule has 1 aromatic heterocycles. The van der Waals surface area contributed by atoms with Crippen molar-refractivity contribution in [1.82, 2.24) is 4.98 Å². The fraction of sp³-hybridized carbons (Fsp3) is 0.200. The fourth-order valence-corrected chi connectivity index (χ4v) is 2.04. The minimum atomic E-state index is -0.799. The molecule has 0 bridgehead atoms. The van der Waals surface area contributed by atoms with Crippen molar-refractivity contribution in [2.24, 2.45) is 0 Å². The molecule has 19 heavy (non-hydrogen) atoms. The number of ketones is 1. The van der Waals surface area contributed by atoms with Crippen LogP contribution in [0.25, 0.3) is 0 Å². The molecule has 0 spiro atoms. The topological polar surface area (TPSA) is 59.2 Å². The third-order valence-electron chi connectivity index (χ3n) is 3.00. The van der Waals surface area contributed by atoms with E-state index in [4.69, 9.17) is 0 Å². The second-order valence-electron chi connectivity index (χ2n) is 4.21. The van der Waals surface area contributed by atoms with Gasteiger partial charge in [0.1, 0.15) is 0 Å². The molecule has 0 saturated carbocycles. The summed E-state index contributed by atoms with van der Waals surface area (Å²) in [6.07, 6.45) is 1.89. The van der Waals surface area contributed by atoms with E-state index >= 15 is 0 Å². The number of ether oxygens (including phenoxy) is 1. The van der Waals surface area contributed by atoms with Gasteiger partial charge >= 0.3 is 5.97 Å². The van der Waals surface area contributed by atoms with Crippen molar-refractivity contribution >= 4 is 11.8 Å². The van der Waals surface area contributed by atoms with E-state index in [1.165, 1.54) is 7.11 Å². The van der Waals surface area contributed by atoms with Gasteiger partial charge in [0, 0.05) is 24.2 Å². The number of carbonyl (C=O) groups excluding carboxylic acids is 2. The van der Waals surface area contributed by atoms with Crippen LogP contribution in [0.4, 0.5) is 0 Å². The third-order valence-corrected chi connectivity index (χ3v) is 3.00. The van der Waals surface area contributed by atoms with E-state index in [0.717, 1.165) is 11.3 Å². The van der Waals surface area contributed by atoms with E-state index < -0.39 is 11.8 Å². The molecule has 0 aliphatic rings. The van der Waals surface area contributed by atoms with Crippen molar-refractivity contribution < 1.29 is 14.3 Å². The molecule has 1 aromatic carbocycles. The van der Waals surface area contributed by atoms with Gasteiger partial charge in [0.15, 0.2) is 0 Å². The van der Waals surface area contributed by atoms with E-state index in [9.17, 15) is 9.59 Å². The Morgan fingerprint density at radius 1 is 1.16 bits per heavy atom. The number of rotatable bonds is 5. The minimum absolute atomic E-state index is 0.0944. The lowest BCUT2D eigenvalue weighted by Crippen LogP contribution is -2.19. The number of aromatic nitrogens is 1. The lowest BCUT2D eigenvalue weighted by atomic mass is 9.91. The average molecular weight is 257 g/mol. The van der Waals surface area contributed by atoms with E-state index in [-0.39, 0.29) is 12.3 Å². The number of carbonyl (C=O) groups is 2. The summed E-state index contributed by atoms with van der Waals surface area (Å²) in [6.45, 7) is 0. The Labute approximate surface area is 111 Å². The molecule has 98 valence electrons. The molecular weight excluding hydrogens is 242 g/mol. The summed E-state index contributed by atoms with van der Waals surface area (Å²) in [5.41, 5.74) is 1.89. The van der Waals surface area contributed by atoms with Crippen molar-refractivity contribution in [1.29, 1.82) is 0 Å². The van der Waals surface area contributed by atoms with E-state index in [1.807, 2.05) is 42.5 Å². The van der Waals surface area contributed by atoms with Crippen LogP contribution in [0.2, 0.25) is 0 Å². The molecule has 1 heterocycles. The third kappa shape index (κ3) is 3.10. The summed E-state index contributed by atoms with van der Waals surface area (Å²) >= 11 is 0. The molecule has 2 rings (SSSR count). The highest BCUT2D eigenvalue weighted by molar-refractivity contribution is 6.33. The Morgan fingerprint density at radius 2 is 1.89 bits per heavy atom. The van der Waals surface area contributed by atoms with E-state index in [2.05, 4.69) is 9.72 Å². The summed E-state index contributed by atoms with van der Waals surface area (Å²) in [5, 5.41) is 0. The number of methoxy groups -OCH3 is 1. The zero-order valence-electron chi connectivity index (χ0n) is 10.6. The van der Waals surface area contributed by atoms with Crippen molar-refractivity contribution in [2.45, 2.75) is 12.3 Å². The van der Waals surface area contributed by atoms with Crippen LogP contribution >= 0.6 is 0 Å². The van der Waals surface area contributed by atoms with Gasteiger partial charge < -0.3 is 9.72 Å². The normalized spacial score (nSPS) is 11.8. The molecule has 0 aliphatic heterocycles. The van der Waals surface area contributed by atoms with Crippen molar-refractivity contribution in [3.05, 3.63) is 59.9 Å². The number of esters is 1. The van der Waals surface area contributed by atoms with Crippen LogP contribution in [0, 0.1) is 0 Å². The van der Waals surface area contributed by atoms with Crippen LogP contribution in [0.15, 0.2) is 48.7 Å². The van der Waals surface area contributed by atoms with Crippen LogP contribution in [-0.2, 0) is 14.3 Å². The van der Waals surface area contributed by atoms with Gasteiger partial charge in [0.05, 0.1) is 7.11 Å². The maximum Gasteiger partial charge on any atom is 0.374 e. The number of H-pyrrole nitrogens is 1. The van der Waals surface area contributed by atoms with Crippen molar-refractivity contribution in [3.63, 3.8) is 0 Å². The Morgan fingerprint density at radius 3 is 2.47 bits per heavy atom. The average Bonchev–Trinajstić information content (AvgIpc) is 2.98. The van der Waals surface area contributed by atoms with Crippen molar-refractivity contribution in [3.8, 4) is 0 Å². The van der Waals surface area contributed by atoms with Crippen molar-refractivity contribution in [2.75, 3.05) is 7.11 Å². The van der Waals surface area contributed by atoms with Gasteiger partial charge in [-0.1, -0.05) is 30.3 Å². The molecule has 0 saturated heterocycles. The first kappa shape index (κ1) is 13.1. The number of hydrogen-bond acceptors (Lipinski definition) is 3. The lowest BCUT2D eigenvalue weighted by molar-refractivity contribution is -0.151. The van der Waals surface area contributed by atoms with Gasteiger partial charge in [-0.3, -0.25) is 4.79 Å². The zero-order valence-corrected chi connectivity index (χ0v) is 10.6. The van der Waals surface area contributed by atoms with Gasteiger partial charge in [0.2, 0.25) is 5.78 Å². The molecule has 1 atom stereocenters. The molecule has 1 N–H and O–H groups in total. The van der Waals surface area contributed by atoms with Gasteiger partial charge in [-0.15, -0.1) is 0 Å². The van der Waals surface area contributed by atoms with Gasteiger partial charge in [0.25, 0.3) is 0 Å². The molecule has 0 unspecified atom stereocenters. The Kier molecular flexibility index (Phi) is 4.13. The number of Topliss-reactive ketones (excluding diaryl/α,β-unsaturated/α-hetero) is 1. The monoisotopic (exact) mass is 257 g/mol. The first-order valence-corrected chi connectivity index (χ1v) is 6.01. The molecular formula is C15H15NO3. The van der Waals surface area contributed by atoms with E-state index in [0.29, 0.717) is 0 Å². The number of nitrogens with one attached hydrogen (secondary N) is 1. The number of hydrogen-bond donors (Lipinski definition) is 1. The lowest BCUT2D eigenvalue weighted by Gasteiger charge is -2.14. The zero-order chi connectivity index (χ0) is 13.7. The number of benzene rings is 1. The maximum absolute atomic E-state index is 11.8. The fourth-order valence-electron chi connectivity index (χ4n) is 2.04. The molecule has 0 fully saturated rings. The SMILES string of the molecule is COC(=O)C(=O)C[C@@H](c1ccccc1)c1ccc[nH]1. The smallest absolute Gasteiger partial charge is 0.374 e. The summed E-state index contributed by atoms with van der Waals surface area (Å²) < 4.78 is 4.47. The van der Waals surface area contributed by atoms with Crippen LogP contribution in [0.5, 0.6) is 0 Å². The second kappa shape index (κ2) is 6.00. The highest BCUT2D eigenvalue weighted by atomic mass is 16.5. The summed E-state index contributed by atoms with van der Waals surface area (Å²) in [5.74, 6) is -1.48. The van der Waals surface area contributed by atoms with Gasteiger partial charge in [-0.05, 0) is 17.7 Å². The quantitative estimate of drug-likeness (QED) is 0.660. The summed E-state index contributed by atoms with van der Waals surface area (Å²) in [6, 6.07) is 13.4. The predicted molar refractivity (Wildman–Crippen MR) is 70.7 cm³/mol. The van der Waals surface area contributed by atoms with Gasteiger partial charge in [-0.2, -0.15) is 0 Å². The van der Waals surface area contributed by atoms with Crippen LogP contribution < -0.4 is 0 Å². The molecule has 0 amide bonds. The number of aromatic amines is 1. The predicted octanol–water partition coefficient (Wildman–Crippen LogP) is 2.28. The van der Waals surface area contributed by atoms with Crippen LogP contribution in [0.1, 0.15) is 23.6 Å². The maximum atomic E-state index is 11.8. The van der Waals surface area contributed by atoms with Gasteiger partial charge in [-0.25, -0.2) is 4.79 Å². The molecule has 4 heteroatoms. The summed E-state index contributed by atoms with van der Waals surface area (Å²) in [4.78, 5) is 26.1. The highest BCUT2D eigenvalue weighted by Crippen LogP contribution is 2.27. The molecule has 4 nitrogen and oxygen atoms in total. The highest BCUT2D eigenvalue weighted by Gasteiger charge is 2.23. The first-order chi connectivity index (χ1) is 9.22. The Bertz CT molecular complexity index is 546. The Balaban J connectivity index is 2.26. The minimum Gasteiger partial charge on any atom is -0.463 e. The standard InChI is InChI=1S/C15H15NO3/c1-19-15(18)14(17)10-12(13-8-5-9-16-13)11-6-3-2-4-7-11/h2-9,12,16H,10H2,1H3/t12-/m0/s1. The molecule has 0 radical (unpaired) electrons. The summed E-state index contributed by atoms with van der Waals surface area (Å²) in [7, 11) is 1.21. The molecule has 2 aromatic rings. The first-order valence-electron chi connectivity index (χ1n) is 6.01. The van der Waals surface area contributed by atoms with E-state index in [1.54, 1.807) is 6.20 Å².